The summed E-state index contributed by atoms with van der Waals surface area (Å²) in [5.74, 6) is 0. The molecule has 1 saturated carbocycles. The molecule has 1 spiro atoms. The van der Waals surface area contributed by atoms with Gasteiger partial charge in [0.05, 0.1) is 0 Å². The van der Waals surface area contributed by atoms with E-state index in [1.807, 2.05) is 43.5 Å². The van der Waals surface area contributed by atoms with Crippen molar-refractivity contribution in [3.63, 3.8) is 0 Å². The van der Waals surface area contributed by atoms with Crippen LogP contribution in [0, 0.1) is 12.3 Å². The molecule has 0 unspecified atom stereocenters. The number of hydrogen-bond donors (Lipinski definition) is 1. The first-order chi connectivity index (χ1) is 11.7. The molecule has 2 aliphatic rings. The highest BCUT2D eigenvalue weighted by molar-refractivity contribution is 8.00. The zero-order valence-corrected chi connectivity index (χ0v) is 16.6. The monoisotopic (exact) mass is 362 g/mol. The lowest BCUT2D eigenvalue weighted by Crippen LogP contribution is -2.50. The number of benzene rings is 1. The number of nitrogen functional groups attached to an aromatic ring is 1. The Bertz CT molecular complexity index is 638. The SMILES string of the molecule is Cc1cc(SC2CC3(CCN(C(=O)OC(C)(C)C)CC3)C2)ccc1N. The third-order valence-electron chi connectivity index (χ3n) is 5.34. The third-order valence-corrected chi connectivity index (χ3v) is 6.53. The molecular weight excluding hydrogens is 332 g/mol. The first-order valence-corrected chi connectivity index (χ1v) is 10.0. The Morgan fingerprint density at radius 2 is 1.92 bits per heavy atom. The molecule has 138 valence electrons. The molecule has 1 aliphatic carbocycles. The number of ether oxygens (including phenoxy) is 1. The summed E-state index contributed by atoms with van der Waals surface area (Å²) in [5.41, 5.74) is 7.95. The number of nitrogens with two attached hydrogens (primary N) is 1. The maximum atomic E-state index is 12.2. The topological polar surface area (TPSA) is 55.6 Å². The van der Waals surface area contributed by atoms with Gasteiger partial charge in [0, 0.05) is 28.9 Å². The van der Waals surface area contributed by atoms with Crippen molar-refractivity contribution in [1.29, 1.82) is 0 Å². The summed E-state index contributed by atoms with van der Waals surface area (Å²) in [6, 6.07) is 6.32. The van der Waals surface area contributed by atoms with Gasteiger partial charge >= 0.3 is 6.09 Å². The molecule has 4 nitrogen and oxygen atoms in total. The Hall–Kier alpha value is -1.36. The minimum absolute atomic E-state index is 0.162. The molecule has 1 heterocycles. The summed E-state index contributed by atoms with van der Waals surface area (Å²) >= 11 is 1.98. The van der Waals surface area contributed by atoms with E-state index in [1.54, 1.807) is 0 Å². The largest absolute Gasteiger partial charge is 0.444 e. The van der Waals surface area contributed by atoms with Crippen molar-refractivity contribution in [2.45, 2.75) is 69.1 Å². The quantitative estimate of drug-likeness (QED) is 0.764. The normalized spacial score (nSPS) is 20.4. The van der Waals surface area contributed by atoms with Gasteiger partial charge in [0.1, 0.15) is 5.60 Å². The molecule has 2 fully saturated rings. The summed E-state index contributed by atoms with van der Waals surface area (Å²) in [6.45, 7) is 9.48. The first-order valence-electron chi connectivity index (χ1n) is 9.17. The number of rotatable bonds is 2. The van der Waals surface area contributed by atoms with Gasteiger partial charge in [0.25, 0.3) is 0 Å². The number of nitrogens with zero attached hydrogens (tertiary/aromatic N) is 1. The van der Waals surface area contributed by atoms with Crippen LogP contribution >= 0.6 is 11.8 Å². The second-order valence-corrected chi connectivity index (χ2v) is 10.0. The van der Waals surface area contributed by atoms with Crippen LogP contribution in [0.25, 0.3) is 0 Å². The Labute approximate surface area is 155 Å². The number of likely N-dealkylation sites (tertiary alicyclic amines) is 1. The summed E-state index contributed by atoms with van der Waals surface area (Å²) < 4.78 is 5.49. The van der Waals surface area contributed by atoms with Crippen molar-refractivity contribution < 1.29 is 9.53 Å². The molecule has 5 heteroatoms. The van der Waals surface area contributed by atoms with Gasteiger partial charge in [-0.05, 0) is 82.6 Å². The minimum Gasteiger partial charge on any atom is -0.444 e. The number of piperidine rings is 1. The van der Waals surface area contributed by atoms with Crippen molar-refractivity contribution in [3.05, 3.63) is 23.8 Å². The molecular formula is C20H30N2O2S. The number of thioether (sulfide) groups is 1. The van der Waals surface area contributed by atoms with Crippen molar-refractivity contribution in [3.8, 4) is 0 Å². The molecule has 0 bridgehead atoms. The second-order valence-electron chi connectivity index (χ2n) is 8.63. The maximum absolute atomic E-state index is 12.2. The number of carbonyl (C=O) groups is 1. The van der Waals surface area contributed by atoms with Gasteiger partial charge in [-0.25, -0.2) is 4.79 Å². The Morgan fingerprint density at radius 1 is 1.28 bits per heavy atom. The first kappa shape index (κ1) is 18.4. The van der Waals surface area contributed by atoms with E-state index in [2.05, 4.69) is 19.1 Å². The summed E-state index contributed by atoms with van der Waals surface area (Å²) in [5, 5.41) is 0.691. The van der Waals surface area contributed by atoms with E-state index in [0.29, 0.717) is 10.7 Å². The van der Waals surface area contributed by atoms with Crippen LogP contribution in [0.4, 0.5) is 10.5 Å². The molecule has 1 aromatic carbocycles. The number of carbonyl (C=O) groups excluding carboxylic acids is 1. The molecule has 1 amide bonds. The number of aryl methyl sites for hydroxylation is 1. The van der Waals surface area contributed by atoms with Gasteiger partial charge in [0.2, 0.25) is 0 Å². The van der Waals surface area contributed by atoms with E-state index >= 15 is 0 Å². The Morgan fingerprint density at radius 3 is 2.48 bits per heavy atom. The summed E-state index contributed by atoms with van der Waals surface area (Å²) in [6.07, 6.45) is 4.55. The molecule has 1 aromatic rings. The van der Waals surface area contributed by atoms with Crippen LogP contribution in [0.2, 0.25) is 0 Å². The molecule has 0 atom stereocenters. The van der Waals surface area contributed by atoms with Crippen LogP contribution in [-0.4, -0.2) is 34.9 Å². The average Bonchev–Trinajstić information content (AvgIpc) is 2.48. The van der Waals surface area contributed by atoms with E-state index in [-0.39, 0.29) is 6.09 Å². The van der Waals surface area contributed by atoms with Gasteiger partial charge in [-0.15, -0.1) is 11.8 Å². The van der Waals surface area contributed by atoms with Gasteiger partial charge < -0.3 is 15.4 Å². The summed E-state index contributed by atoms with van der Waals surface area (Å²) in [7, 11) is 0. The van der Waals surface area contributed by atoms with E-state index in [4.69, 9.17) is 10.5 Å². The molecule has 3 rings (SSSR count). The van der Waals surface area contributed by atoms with Crippen LogP contribution in [0.1, 0.15) is 52.0 Å². The lowest BCUT2D eigenvalue weighted by molar-refractivity contribution is -0.00350. The summed E-state index contributed by atoms with van der Waals surface area (Å²) in [4.78, 5) is 15.4. The van der Waals surface area contributed by atoms with E-state index in [0.717, 1.165) is 37.2 Å². The molecule has 1 saturated heterocycles. The van der Waals surface area contributed by atoms with Gasteiger partial charge in [0.15, 0.2) is 0 Å². The zero-order valence-electron chi connectivity index (χ0n) is 15.8. The third kappa shape index (κ3) is 4.43. The Balaban J connectivity index is 1.46. The molecule has 0 aromatic heterocycles. The lowest BCUT2D eigenvalue weighted by Gasteiger charge is -2.52. The Kier molecular flexibility index (Phi) is 4.97. The molecule has 25 heavy (non-hydrogen) atoms. The maximum Gasteiger partial charge on any atom is 0.410 e. The second kappa shape index (κ2) is 6.75. The van der Waals surface area contributed by atoms with Crippen LogP contribution in [0.3, 0.4) is 0 Å². The highest BCUT2D eigenvalue weighted by Crippen LogP contribution is 2.54. The molecule has 2 N–H and O–H groups in total. The highest BCUT2D eigenvalue weighted by atomic mass is 32.2. The van der Waals surface area contributed by atoms with Crippen molar-refractivity contribution in [2.24, 2.45) is 5.41 Å². The standard InChI is InChI=1S/C20H30N2O2S/c1-14-11-15(5-6-17(14)21)25-16-12-20(13-16)7-9-22(10-8-20)18(23)24-19(2,3)4/h5-6,11,16H,7-10,12-13,21H2,1-4H3. The van der Waals surface area contributed by atoms with Crippen molar-refractivity contribution in [1.82, 2.24) is 4.90 Å². The predicted octanol–water partition coefficient (Wildman–Crippen LogP) is 4.85. The van der Waals surface area contributed by atoms with Crippen LogP contribution in [-0.2, 0) is 4.74 Å². The number of amides is 1. The fraction of sp³-hybridized carbons (Fsp3) is 0.650. The average molecular weight is 363 g/mol. The zero-order chi connectivity index (χ0) is 18.2. The van der Waals surface area contributed by atoms with Gasteiger partial charge in [-0.1, -0.05) is 0 Å². The van der Waals surface area contributed by atoms with Gasteiger partial charge in [-0.2, -0.15) is 0 Å². The number of hydrogen-bond acceptors (Lipinski definition) is 4. The van der Waals surface area contributed by atoms with E-state index < -0.39 is 5.60 Å². The van der Waals surface area contributed by atoms with E-state index in [9.17, 15) is 4.79 Å². The van der Waals surface area contributed by atoms with E-state index in [1.165, 1.54) is 17.7 Å². The van der Waals surface area contributed by atoms with Crippen LogP contribution in [0.15, 0.2) is 23.1 Å². The van der Waals surface area contributed by atoms with Crippen LogP contribution in [0.5, 0.6) is 0 Å². The molecule has 0 radical (unpaired) electrons. The fourth-order valence-electron chi connectivity index (χ4n) is 3.80. The van der Waals surface area contributed by atoms with Gasteiger partial charge in [-0.3, -0.25) is 0 Å². The molecule has 1 aliphatic heterocycles. The fourth-order valence-corrected chi connectivity index (χ4v) is 5.45. The number of anilines is 1. The predicted molar refractivity (Wildman–Crippen MR) is 104 cm³/mol. The minimum atomic E-state index is -0.415. The highest BCUT2D eigenvalue weighted by Gasteiger charge is 2.46. The van der Waals surface area contributed by atoms with Crippen LogP contribution < -0.4 is 5.73 Å². The lowest BCUT2D eigenvalue weighted by atomic mass is 9.63. The van der Waals surface area contributed by atoms with Crippen molar-refractivity contribution >= 4 is 23.5 Å². The van der Waals surface area contributed by atoms with Crippen molar-refractivity contribution in [2.75, 3.05) is 18.8 Å². The smallest absolute Gasteiger partial charge is 0.410 e.